The summed E-state index contributed by atoms with van der Waals surface area (Å²) in [7, 11) is 0. The van der Waals surface area contributed by atoms with E-state index in [-0.39, 0.29) is 0 Å². The molecule has 1 heterocycles. The summed E-state index contributed by atoms with van der Waals surface area (Å²) < 4.78 is 5.59. The van der Waals surface area contributed by atoms with Crippen LogP contribution in [-0.4, -0.2) is 6.61 Å². The summed E-state index contributed by atoms with van der Waals surface area (Å²) in [5, 5.41) is 13.6. The molecule has 1 atom stereocenters. The SMILES string of the molecule is N#CC1(Nc2ccc(Cl)cc2)COCc2ccccc21. The highest BCUT2D eigenvalue weighted by Gasteiger charge is 2.37. The Morgan fingerprint density at radius 1 is 1.15 bits per heavy atom. The molecule has 0 saturated carbocycles. The Hall–Kier alpha value is -2.02. The number of nitrogens with one attached hydrogen (secondary N) is 1. The molecule has 0 saturated heterocycles. The van der Waals surface area contributed by atoms with Crippen molar-refractivity contribution in [2.75, 3.05) is 11.9 Å². The van der Waals surface area contributed by atoms with E-state index in [1.54, 1.807) is 12.1 Å². The zero-order chi connectivity index (χ0) is 14.0. The quantitative estimate of drug-likeness (QED) is 0.914. The zero-order valence-electron chi connectivity index (χ0n) is 10.8. The first-order valence-electron chi connectivity index (χ1n) is 6.35. The molecule has 1 aliphatic rings. The number of ether oxygens (including phenoxy) is 1. The third-order valence-electron chi connectivity index (χ3n) is 3.45. The summed E-state index contributed by atoms with van der Waals surface area (Å²) in [5.74, 6) is 0. The molecule has 2 aromatic carbocycles. The van der Waals surface area contributed by atoms with Crippen LogP contribution in [0.4, 0.5) is 5.69 Å². The molecular formula is C16H13ClN2O. The number of fused-ring (bicyclic) bond motifs is 1. The number of hydrogen-bond donors (Lipinski definition) is 1. The van der Waals surface area contributed by atoms with Crippen molar-refractivity contribution in [1.29, 1.82) is 5.26 Å². The van der Waals surface area contributed by atoms with E-state index in [2.05, 4.69) is 11.4 Å². The first kappa shape index (κ1) is 13.0. The van der Waals surface area contributed by atoms with Gasteiger partial charge in [-0.15, -0.1) is 0 Å². The summed E-state index contributed by atoms with van der Waals surface area (Å²) in [6.07, 6.45) is 0. The average Bonchev–Trinajstić information content (AvgIpc) is 2.50. The number of nitrogens with zero attached hydrogens (tertiary/aromatic N) is 1. The van der Waals surface area contributed by atoms with Gasteiger partial charge < -0.3 is 10.1 Å². The van der Waals surface area contributed by atoms with Gasteiger partial charge in [-0.1, -0.05) is 35.9 Å². The van der Waals surface area contributed by atoms with E-state index in [0.29, 0.717) is 18.2 Å². The molecule has 0 radical (unpaired) electrons. The van der Waals surface area contributed by atoms with Crippen LogP contribution in [0.3, 0.4) is 0 Å². The van der Waals surface area contributed by atoms with Crippen LogP contribution in [-0.2, 0) is 16.9 Å². The Labute approximate surface area is 122 Å². The van der Waals surface area contributed by atoms with Crippen molar-refractivity contribution in [2.24, 2.45) is 0 Å². The molecule has 0 aliphatic carbocycles. The van der Waals surface area contributed by atoms with Crippen molar-refractivity contribution in [3.05, 3.63) is 64.7 Å². The molecule has 0 amide bonds. The Kier molecular flexibility index (Phi) is 3.35. The van der Waals surface area contributed by atoms with Gasteiger partial charge in [-0.2, -0.15) is 5.26 Å². The van der Waals surface area contributed by atoms with Crippen LogP contribution in [0.1, 0.15) is 11.1 Å². The fourth-order valence-corrected chi connectivity index (χ4v) is 2.58. The van der Waals surface area contributed by atoms with Crippen molar-refractivity contribution >= 4 is 17.3 Å². The lowest BCUT2D eigenvalue weighted by atomic mass is 9.86. The normalized spacial score (nSPS) is 20.8. The van der Waals surface area contributed by atoms with Crippen molar-refractivity contribution in [3.8, 4) is 6.07 Å². The average molecular weight is 285 g/mol. The highest BCUT2D eigenvalue weighted by Crippen LogP contribution is 2.33. The Morgan fingerprint density at radius 2 is 1.90 bits per heavy atom. The highest BCUT2D eigenvalue weighted by molar-refractivity contribution is 6.30. The summed E-state index contributed by atoms with van der Waals surface area (Å²) in [6.45, 7) is 0.866. The monoisotopic (exact) mass is 284 g/mol. The second-order valence-electron chi connectivity index (χ2n) is 4.80. The van der Waals surface area contributed by atoms with Crippen LogP contribution >= 0.6 is 11.6 Å². The molecule has 3 rings (SSSR count). The first-order chi connectivity index (χ1) is 9.73. The Balaban J connectivity index is 2.01. The Morgan fingerprint density at radius 3 is 2.65 bits per heavy atom. The lowest BCUT2D eigenvalue weighted by Gasteiger charge is -2.34. The molecule has 0 bridgehead atoms. The fourth-order valence-electron chi connectivity index (χ4n) is 2.46. The molecule has 4 heteroatoms. The maximum atomic E-state index is 9.69. The van der Waals surface area contributed by atoms with Crippen molar-refractivity contribution < 1.29 is 4.74 Å². The number of hydrogen-bond acceptors (Lipinski definition) is 3. The van der Waals surface area contributed by atoms with E-state index in [0.717, 1.165) is 16.8 Å². The Bertz CT molecular complexity index is 663. The first-order valence-corrected chi connectivity index (χ1v) is 6.72. The fraction of sp³-hybridized carbons (Fsp3) is 0.188. The van der Waals surface area contributed by atoms with E-state index in [1.807, 2.05) is 36.4 Å². The largest absolute Gasteiger partial charge is 0.373 e. The molecule has 2 aromatic rings. The van der Waals surface area contributed by atoms with Gasteiger partial charge in [0.2, 0.25) is 0 Å². The van der Waals surface area contributed by atoms with Gasteiger partial charge in [-0.05, 0) is 35.4 Å². The predicted octanol–water partition coefficient (Wildman–Crippen LogP) is 3.70. The van der Waals surface area contributed by atoms with Gasteiger partial charge in [0.05, 0.1) is 19.3 Å². The molecule has 20 heavy (non-hydrogen) atoms. The van der Waals surface area contributed by atoms with Gasteiger partial charge in [0.1, 0.15) is 0 Å². The molecule has 0 spiro atoms. The number of nitriles is 1. The standard InChI is InChI=1S/C16H13ClN2O/c17-13-5-7-14(8-6-13)19-16(10-18)11-20-9-12-3-1-2-4-15(12)16/h1-8,19H,9,11H2. The van der Waals surface area contributed by atoms with Crippen LogP contribution in [0.25, 0.3) is 0 Å². The maximum absolute atomic E-state index is 9.69. The van der Waals surface area contributed by atoms with Crippen LogP contribution in [0.2, 0.25) is 5.02 Å². The second kappa shape index (κ2) is 5.16. The number of halogens is 1. The third-order valence-corrected chi connectivity index (χ3v) is 3.70. The molecule has 1 aliphatic heterocycles. The minimum atomic E-state index is -0.858. The van der Waals surface area contributed by atoms with Crippen LogP contribution in [0, 0.1) is 11.3 Å². The molecular weight excluding hydrogens is 272 g/mol. The predicted molar refractivity (Wildman–Crippen MR) is 78.5 cm³/mol. The summed E-state index contributed by atoms with van der Waals surface area (Å²) >= 11 is 5.89. The zero-order valence-corrected chi connectivity index (χ0v) is 11.5. The molecule has 3 nitrogen and oxygen atoms in total. The third kappa shape index (κ3) is 2.24. The van der Waals surface area contributed by atoms with Gasteiger partial charge in [-0.25, -0.2) is 0 Å². The van der Waals surface area contributed by atoms with Crippen LogP contribution < -0.4 is 5.32 Å². The van der Waals surface area contributed by atoms with Crippen molar-refractivity contribution in [3.63, 3.8) is 0 Å². The summed E-state index contributed by atoms with van der Waals surface area (Å²) in [6, 6.07) is 17.5. The van der Waals surface area contributed by atoms with E-state index in [1.165, 1.54) is 0 Å². The van der Waals surface area contributed by atoms with E-state index in [4.69, 9.17) is 16.3 Å². The van der Waals surface area contributed by atoms with Gasteiger partial charge in [0, 0.05) is 10.7 Å². The van der Waals surface area contributed by atoms with Gasteiger partial charge in [-0.3, -0.25) is 0 Å². The number of rotatable bonds is 2. The lowest BCUT2D eigenvalue weighted by molar-refractivity contribution is 0.0786. The van der Waals surface area contributed by atoms with Crippen LogP contribution in [0.5, 0.6) is 0 Å². The molecule has 0 aromatic heterocycles. The summed E-state index contributed by atoms with van der Waals surface area (Å²) in [4.78, 5) is 0. The van der Waals surface area contributed by atoms with E-state index in [9.17, 15) is 5.26 Å². The minimum Gasteiger partial charge on any atom is -0.373 e. The van der Waals surface area contributed by atoms with Crippen LogP contribution in [0.15, 0.2) is 48.5 Å². The minimum absolute atomic E-state index is 0.323. The smallest absolute Gasteiger partial charge is 0.174 e. The van der Waals surface area contributed by atoms with Gasteiger partial charge in [0.15, 0.2) is 5.54 Å². The maximum Gasteiger partial charge on any atom is 0.174 e. The molecule has 1 N–H and O–H groups in total. The summed E-state index contributed by atoms with van der Waals surface area (Å²) in [5.41, 5.74) is 2.00. The number of anilines is 1. The highest BCUT2D eigenvalue weighted by atomic mass is 35.5. The molecule has 1 unspecified atom stereocenters. The van der Waals surface area contributed by atoms with E-state index >= 15 is 0 Å². The van der Waals surface area contributed by atoms with Gasteiger partial charge in [0.25, 0.3) is 0 Å². The van der Waals surface area contributed by atoms with Gasteiger partial charge >= 0.3 is 0 Å². The lowest BCUT2D eigenvalue weighted by Crippen LogP contribution is -2.42. The topological polar surface area (TPSA) is 45.0 Å². The van der Waals surface area contributed by atoms with Crippen molar-refractivity contribution in [1.82, 2.24) is 0 Å². The molecule has 0 fully saturated rings. The van der Waals surface area contributed by atoms with E-state index < -0.39 is 5.54 Å². The number of benzene rings is 2. The molecule has 100 valence electrons. The second-order valence-corrected chi connectivity index (χ2v) is 5.24. The van der Waals surface area contributed by atoms with Crippen molar-refractivity contribution in [2.45, 2.75) is 12.1 Å².